The van der Waals surface area contributed by atoms with Gasteiger partial charge in [0, 0.05) is 49.8 Å². The first kappa shape index (κ1) is 12.9. The molecule has 0 saturated carbocycles. The average molecular weight is 270 g/mol. The van der Waals surface area contributed by atoms with Crippen molar-refractivity contribution in [2.24, 2.45) is 0 Å². The summed E-state index contributed by atoms with van der Waals surface area (Å²) in [6.45, 7) is 8.01. The molecule has 1 N–H and O–H groups in total. The Morgan fingerprint density at radius 2 is 1.90 bits per heavy atom. The number of rotatable bonds is 2. The SMILES string of the molecule is Cc1nc(-c2cnccn2)nc(N2CCNCC2)c1C. The van der Waals surface area contributed by atoms with Crippen molar-refractivity contribution in [1.29, 1.82) is 0 Å². The highest BCUT2D eigenvalue weighted by atomic mass is 15.2. The molecule has 104 valence electrons. The highest BCUT2D eigenvalue weighted by Gasteiger charge is 2.18. The van der Waals surface area contributed by atoms with E-state index in [1.807, 2.05) is 6.92 Å². The van der Waals surface area contributed by atoms with E-state index in [0.717, 1.165) is 43.3 Å². The summed E-state index contributed by atoms with van der Waals surface area (Å²) in [6.07, 6.45) is 5.02. The molecule has 1 saturated heterocycles. The quantitative estimate of drug-likeness (QED) is 0.876. The third kappa shape index (κ3) is 2.46. The minimum atomic E-state index is 0.648. The predicted molar refractivity (Wildman–Crippen MR) is 77.6 cm³/mol. The van der Waals surface area contributed by atoms with Crippen LogP contribution in [-0.4, -0.2) is 46.1 Å². The van der Waals surface area contributed by atoms with Crippen LogP contribution in [-0.2, 0) is 0 Å². The fourth-order valence-electron chi connectivity index (χ4n) is 2.33. The van der Waals surface area contributed by atoms with E-state index in [-0.39, 0.29) is 0 Å². The molecule has 0 bridgehead atoms. The molecule has 3 rings (SSSR count). The van der Waals surface area contributed by atoms with Crippen molar-refractivity contribution >= 4 is 5.82 Å². The van der Waals surface area contributed by atoms with Gasteiger partial charge in [-0.1, -0.05) is 0 Å². The lowest BCUT2D eigenvalue weighted by molar-refractivity contribution is 0.583. The highest BCUT2D eigenvalue weighted by molar-refractivity contribution is 5.56. The van der Waals surface area contributed by atoms with Gasteiger partial charge in [-0.25, -0.2) is 15.0 Å². The van der Waals surface area contributed by atoms with Gasteiger partial charge in [-0.2, -0.15) is 0 Å². The maximum absolute atomic E-state index is 4.71. The standard InChI is InChI=1S/C14H18N6/c1-10-11(2)18-13(12-9-16-3-4-17-12)19-14(10)20-7-5-15-6-8-20/h3-4,9,15H,5-8H2,1-2H3. The van der Waals surface area contributed by atoms with Crippen molar-refractivity contribution in [3.05, 3.63) is 29.8 Å². The van der Waals surface area contributed by atoms with E-state index in [1.54, 1.807) is 18.6 Å². The van der Waals surface area contributed by atoms with Gasteiger partial charge in [0.05, 0.1) is 6.20 Å². The summed E-state index contributed by atoms with van der Waals surface area (Å²) in [4.78, 5) is 19.9. The second kappa shape index (κ2) is 5.50. The Hall–Kier alpha value is -2.08. The summed E-state index contributed by atoms with van der Waals surface area (Å²) in [6, 6.07) is 0. The Labute approximate surface area is 118 Å². The Balaban J connectivity index is 2.03. The number of hydrogen-bond acceptors (Lipinski definition) is 6. The summed E-state index contributed by atoms with van der Waals surface area (Å²) in [5, 5.41) is 3.36. The van der Waals surface area contributed by atoms with Gasteiger partial charge in [0.2, 0.25) is 0 Å². The van der Waals surface area contributed by atoms with Crippen LogP contribution in [0.5, 0.6) is 0 Å². The van der Waals surface area contributed by atoms with Crippen molar-refractivity contribution in [3.8, 4) is 11.5 Å². The summed E-state index contributed by atoms with van der Waals surface area (Å²) >= 11 is 0. The fraction of sp³-hybridized carbons (Fsp3) is 0.429. The molecule has 1 fully saturated rings. The largest absolute Gasteiger partial charge is 0.354 e. The molecule has 0 aromatic carbocycles. The number of piperazine rings is 1. The monoisotopic (exact) mass is 270 g/mol. The van der Waals surface area contributed by atoms with E-state index in [1.165, 1.54) is 0 Å². The topological polar surface area (TPSA) is 66.8 Å². The summed E-state index contributed by atoms with van der Waals surface area (Å²) in [5.74, 6) is 1.66. The van der Waals surface area contributed by atoms with Crippen molar-refractivity contribution in [2.45, 2.75) is 13.8 Å². The molecule has 6 heteroatoms. The molecule has 3 heterocycles. The lowest BCUT2D eigenvalue weighted by Gasteiger charge is -2.30. The van der Waals surface area contributed by atoms with Crippen LogP contribution in [0.15, 0.2) is 18.6 Å². The number of hydrogen-bond donors (Lipinski definition) is 1. The van der Waals surface area contributed by atoms with E-state index < -0.39 is 0 Å². The molecule has 2 aromatic heterocycles. The lowest BCUT2D eigenvalue weighted by Crippen LogP contribution is -2.44. The third-order valence-corrected chi connectivity index (χ3v) is 3.57. The van der Waals surface area contributed by atoms with E-state index in [2.05, 4.69) is 32.1 Å². The van der Waals surface area contributed by atoms with Crippen molar-refractivity contribution in [3.63, 3.8) is 0 Å². The van der Waals surface area contributed by atoms with Crippen LogP contribution in [0.25, 0.3) is 11.5 Å². The van der Waals surface area contributed by atoms with Gasteiger partial charge in [0.1, 0.15) is 11.5 Å². The maximum Gasteiger partial charge on any atom is 0.182 e. The zero-order valence-corrected chi connectivity index (χ0v) is 11.8. The summed E-state index contributed by atoms with van der Waals surface area (Å²) in [7, 11) is 0. The van der Waals surface area contributed by atoms with Gasteiger partial charge in [-0.3, -0.25) is 4.98 Å². The van der Waals surface area contributed by atoms with Crippen molar-refractivity contribution < 1.29 is 0 Å². The first-order valence-corrected chi connectivity index (χ1v) is 6.83. The van der Waals surface area contributed by atoms with E-state index >= 15 is 0 Å². The molecule has 0 radical (unpaired) electrons. The number of anilines is 1. The van der Waals surface area contributed by atoms with Crippen LogP contribution in [0.4, 0.5) is 5.82 Å². The fourth-order valence-corrected chi connectivity index (χ4v) is 2.33. The first-order chi connectivity index (χ1) is 9.75. The summed E-state index contributed by atoms with van der Waals surface area (Å²) < 4.78 is 0. The Morgan fingerprint density at radius 1 is 1.10 bits per heavy atom. The van der Waals surface area contributed by atoms with Gasteiger partial charge in [-0.05, 0) is 13.8 Å². The normalized spacial score (nSPS) is 15.4. The molecule has 1 aliphatic rings. The van der Waals surface area contributed by atoms with Crippen LogP contribution >= 0.6 is 0 Å². The highest BCUT2D eigenvalue weighted by Crippen LogP contribution is 2.23. The smallest absolute Gasteiger partial charge is 0.182 e. The van der Waals surface area contributed by atoms with Gasteiger partial charge < -0.3 is 10.2 Å². The minimum Gasteiger partial charge on any atom is -0.354 e. The van der Waals surface area contributed by atoms with Gasteiger partial charge in [0.25, 0.3) is 0 Å². The molecular formula is C14H18N6. The molecule has 0 spiro atoms. The minimum absolute atomic E-state index is 0.648. The average Bonchev–Trinajstić information content (AvgIpc) is 2.51. The zero-order valence-electron chi connectivity index (χ0n) is 11.8. The number of aryl methyl sites for hydroxylation is 1. The molecule has 20 heavy (non-hydrogen) atoms. The number of nitrogens with zero attached hydrogens (tertiary/aromatic N) is 5. The van der Waals surface area contributed by atoms with Gasteiger partial charge >= 0.3 is 0 Å². The van der Waals surface area contributed by atoms with E-state index in [9.17, 15) is 0 Å². The molecule has 6 nitrogen and oxygen atoms in total. The molecule has 2 aromatic rings. The van der Waals surface area contributed by atoms with E-state index in [0.29, 0.717) is 11.5 Å². The van der Waals surface area contributed by atoms with Crippen molar-refractivity contribution in [2.75, 3.05) is 31.1 Å². The van der Waals surface area contributed by atoms with Crippen LogP contribution in [0.2, 0.25) is 0 Å². The van der Waals surface area contributed by atoms with E-state index in [4.69, 9.17) is 4.98 Å². The van der Waals surface area contributed by atoms with Gasteiger partial charge in [-0.15, -0.1) is 0 Å². The lowest BCUT2D eigenvalue weighted by atomic mass is 10.2. The molecule has 0 amide bonds. The van der Waals surface area contributed by atoms with Crippen LogP contribution < -0.4 is 10.2 Å². The predicted octanol–water partition coefficient (Wildman–Crippen LogP) is 0.960. The van der Waals surface area contributed by atoms with Crippen molar-refractivity contribution in [1.82, 2.24) is 25.3 Å². The van der Waals surface area contributed by atoms with Gasteiger partial charge in [0.15, 0.2) is 5.82 Å². The molecule has 0 unspecified atom stereocenters. The zero-order chi connectivity index (χ0) is 13.9. The van der Waals surface area contributed by atoms with Crippen LogP contribution in [0.1, 0.15) is 11.3 Å². The molecule has 0 aliphatic carbocycles. The molecule has 0 atom stereocenters. The first-order valence-electron chi connectivity index (χ1n) is 6.83. The Bertz CT molecular complexity index is 592. The molecule has 1 aliphatic heterocycles. The maximum atomic E-state index is 4.71. The number of nitrogens with one attached hydrogen (secondary N) is 1. The second-order valence-electron chi connectivity index (χ2n) is 4.91. The van der Waals surface area contributed by atoms with Crippen LogP contribution in [0.3, 0.4) is 0 Å². The third-order valence-electron chi connectivity index (χ3n) is 3.57. The Morgan fingerprint density at radius 3 is 2.60 bits per heavy atom. The second-order valence-corrected chi connectivity index (χ2v) is 4.91. The molecular weight excluding hydrogens is 252 g/mol. The number of aromatic nitrogens is 4. The van der Waals surface area contributed by atoms with Crippen LogP contribution in [0, 0.1) is 13.8 Å². The Kier molecular flexibility index (Phi) is 3.56. The summed E-state index contributed by atoms with van der Waals surface area (Å²) in [5.41, 5.74) is 2.85.